The summed E-state index contributed by atoms with van der Waals surface area (Å²) in [5.41, 5.74) is 7.14. The number of nitrogens with two attached hydrogens (primary N) is 1. The van der Waals surface area contributed by atoms with Crippen molar-refractivity contribution in [3.05, 3.63) is 65.7 Å². The van der Waals surface area contributed by atoms with E-state index < -0.39 is 16.4 Å². The first-order valence-electron chi connectivity index (χ1n) is 8.53. The second-order valence-corrected chi connectivity index (χ2v) is 7.87. The molecule has 29 heavy (non-hydrogen) atoms. The Morgan fingerprint density at radius 1 is 1.03 bits per heavy atom. The molecular weight excluding hydrogens is 409 g/mol. The van der Waals surface area contributed by atoms with E-state index in [9.17, 15) is 21.6 Å². The third-order valence-electron chi connectivity index (χ3n) is 3.60. The molecule has 0 radical (unpaired) electrons. The Morgan fingerprint density at radius 2 is 1.69 bits per heavy atom. The van der Waals surface area contributed by atoms with Crippen molar-refractivity contribution in [2.45, 2.75) is 19.5 Å². The molecule has 0 aromatic heterocycles. The molecule has 2 rings (SSSR count). The van der Waals surface area contributed by atoms with Gasteiger partial charge in [-0.1, -0.05) is 42.5 Å². The number of benzene rings is 2. The van der Waals surface area contributed by atoms with Crippen LogP contribution in [0.2, 0.25) is 0 Å². The Kier molecular flexibility index (Phi) is 7.85. The maximum atomic E-state index is 12.1. The lowest BCUT2D eigenvalue weighted by Crippen LogP contribution is -2.37. The van der Waals surface area contributed by atoms with E-state index in [2.05, 4.69) is 19.8 Å². The zero-order valence-corrected chi connectivity index (χ0v) is 16.1. The summed E-state index contributed by atoms with van der Waals surface area (Å²) in [7, 11) is -3.49. The van der Waals surface area contributed by atoms with Crippen LogP contribution in [0.5, 0.6) is 5.75 Å². The number of sulfonamides is 1. The fourth-order valence-corrected chi connectivity index (χ4v) is 3.11. The number of guanidine groups is 1. The molecule has 4 N–H and O–H groups in total. The van der Waals surface area contributed by atoms with Crippen molar-refractivity contribution in [3.8, 4) is 5.75 Å². The molecule has 7 nitrogen and oxygen atoms in total. The summed E-state index contributed by atoms with van der Waals surface area (Å²) >= 11 is 0. The summed E-state index contributed by atoms with van der Waals surface area (Å²) in [5.74, 6) is -0.497. The van der Waals surface area contributed by atoms with Crippen LogP contribution >= 0.6 is 0 Å². The van der Waals surface area contributed by atoms with Gasteiger partial charge in [0.25, 0.3) is 0 Å². The van der Waals surface area contributed by atoms with Crippen molar-refractivity contribution < 1.29 is 26.3 Å². The van der Waals surface area contributed by atoms with E-state index in [0.29, 0.717) is 5.56 Å². The zero-order chi connectivity index (χ0) is 21.3. The lowest BCUT2D eigenvalue weighted by atomic mass is 10.2. The average molecular weight is 430 g/mol. The molecule has 0 bridgehead atoms. The quantitative estimate of drug-likeness (QED) is 0.417. The first-order valence-corrected chi connectivity index (χ1v) is 10.2. The van der Waals surface area contributed by atoms with Gasteiger partial charge in [0.05, 0.1) is 12.3 Å². The Morgan fingerprint density at radius 3 is 2.31 bits per heavy atom. The minimum atomic E-state index is -4.75. The standard InChI is InChI=1S/C18H21F3N4O3S/c19-18(20,21)28-16-8-6-15(7-9-16)12-24-17(22)23-10-11-29(26,27)25-13-14-4-2-1-3-5-14/h1-9,25H,10-13H2,(H3,22,23,24). The van der Waals surface area contributed by atoms with Crippen LogP contribution in [0.4, 0.5) is 13.2 Å². The number of hydrogen-bond acceptors (Lipinski definition) is 4. The number of halogens is 3. The van der Waals surface area contributed by atoms with Gasteiger partial charge in [-0.15, -0.1) is 13.2 Å². The fourth-order valence-electron chi connectivity index (χ4n) is 2.20. The molecule has 2 aromatic rings. The molecule has 2 aromatic carbocycles. The number of alkyl halides is 3. The van der Waals surface area contributed by atoms with Crippen molar-refractivity contribution in [1.29, 1.82) is 0 Å². The second-order valence-electron chi connectivity index (χ2n) is 5.95. The van der Waals surface area contributed by atoms with Crippen LogP contribution in [0.1, 0.15) is 11.1 Å². The SMILES string of the molecule is NC(=NCc1ccc(OC(F)(F)F)cc1)NCCS(=O)(=O)NCc1ccccc1. The van der Waals surface area contributed by atoms with Gasteiger partial charge in [-0.25, -0.2) is 18.1 Å². The van der Waals surface area contributed by atoms with Crippen molar-refractivity contribution in [3.63, 3.8) is 0 Å². The number of rotatable bonds is 9. The number of aliphatic imine (C=N–C) groups is 1. The van der Waals surface area contributed by atoms with Crippen LogP contribution in [0.25, 0.3) is 0 Å². The van der Waals surface area contributed by atoms with Gasteiger partial charge < -0.3 is 15.8 Å². The third-order valence-corrected chi connectivity index (χ3v) is 4.93. The van der Waals surface area contributed by atoms with Crippen molar-refractivity contribution in [1.82, 2.24) is 10.0 Å². The van der Waals surface area contributed by atoms with Crippen LogP contribution < -0.4 is 20.5 Å². The van der Waals surface area contributed by atoms with Crippen LogP contribution in [-0.4, -0.2) is 33.0 Å². The number of ether oxygens (including phenoxy) is 1. The summed E-state index contributed by atoms with van der Waals surface area (Å²) in [6, 6.07) is 14.3. The van der Waals surface area contributed by atoms with Crippen LogP contribution in [0.3, 0.4) is 0 Å². The molecule has 11 heteroatoms. The second kappa shape index (κ2) is 10.1. The zero-order valence-electron chi connectivity index (χ0n) is 15.3. The highest BCUT2D eigenvalue weighted by Crippen LogP contribution is 2.22. The molecule has 0 amide bonds. The summed E-state index contributed by atoms with van der Waals surface area (Å²) < 4.78 is 66.6. The Balaban J connectivity index is 1.74. The van der Waals surface area contributed by atoms with Crippen molar-refractivity contribution in [2.24, 2.45) is 10.7 Å². The molecule has 0 heterocycles. The molecular formula is C18H21F3N4O3S. The lowest BCUT2D eigenvalue weighted by molar-refractivity contribution is -0.274. The predicted molar refractivity (Wildman–Crippen MR) is 104 cm³/mol. The normalized spacial score (nSPS) is 12.6. The first-order chi connectivity index (χ1) is 13.6. The number of hydrogen-bond donors (Lipinski definition) is 3. The Bertz CT molecular complexity index is 902. The largest absolute Gasteiger partial charge is 0.573 e. The van der Waals surface area contributed by atoms with Gasteiger partial charge >= 0.3 is 6.36 Å². The van der Waals surface area contributed by atoms with E-state index in [0.717, 1.165) is 5.56 Å². The van der Waals surface area contributed by atoms with E-state index in [1.807, 2.05) is 30.3 Å². The molecule has 0 saturated carbocycles. The molecule has 0 fully saturated rings. The summed E-state index contributed by atoms with van der Waals surface area (Å²) in [4.78, 5) is 4.02. The van der Waals surface area contributed by atoms with Crippen LogP contribution in [0, 0.1) is 0 Å². The lowest BCUT2D eigenvalue weighted by Gasteiger charge is -2.09. The van der Waals surface area contributed by atoms with Gasteiger partial charge in [-0.2, -0.15) is 0 Å². The minimum absolute atomic E-state index is 0.0267. The minimum Gasteiger partial charge on any atom is -0.406 e. The van der Waals surface area contributed by atoms with Gasteiger partial charge in [0.2, 0.25) is 10.0 Å². The summed E-state index contributed by atoms with van der Waals surface area (Å²) in [6.07, 6.45) is -4.75. The first kappa shape index (κ1) is 22.5. The third kappa shape index (κ3) is 9.30. The highest BCUT2D eigenvalue weighted by Gasteiger charge is 2.30. The van der Waals surface area contributed by atoms with Crippen molar-refractivity contribution >= 4 is 16.0 Å². The molecule has 0 spiro atoms. The average Bonchev–Trinajstić information content (AvgIpc) is 2.65. The van der Waals surface area contributed by atoms with Gasteiger partial charge in [0.15, 0.2) is 5.96 Å². The molecule has 158 valence electrons. The fraction of sp³-hybridized carbons (Fsp3) is 0.278. The molecule has 0 aliphatic rings. The highest BCUT2D eigenvalue weighted by molar-refractivity contribution is 7.89. The maximum Gasteiger partial charge on any atom is 0.573 e. The summed E-state index contributed by atoms with van der Waals surface area (Å²) in [6.45, 7) is 0.364. The van der Waals surface area contributed by atoms with E-state index in [4.69, 9.17) is 5.73 Å². The monoisotopic (exact) mass is 430 g/mol. The van der Waals surface area contributed by atoms with Gasteiger partial charge in [-0.05, 0) is 23.3 Å². The van der Waals surface area contributed by atoms with Gasteiger partial charge in [0.1, 0.15) is 5.75 Å². The van der Waals surface area contributed by atoms with E-state index in [1.165, 1.54) is 24.3 Å². The number of nitrogens with zero attached hydrogens (tertiary/aromatic N) is 1. The van der Waals surface area contributed by atoms with Crippen LogP contribution in [0.15, 0.2) is 59.6 Å². The smallest absolute Gasteiger partial charge is 0.406 e. The van der Waals surface area contributed by atoms with Gasteiger partial charge in [0, 0.05) is 13.1 Å². The van der Waals surface area contributed by atoms with E-state index in [-0.39, 0.29) is 37.1 Å². The molecule has 0 saturated heterocycles. The van der Waals surface area contributed by atoms with Crippen molar-refractivity contribution in [2.75, 3.05) is 12.3 Å². The predicted octanol–water partition coefficient (Wildman–Crippen LogP) is 2.11. The van der Waals surface area contributed by atoms with Crippen LogP contribution in [-0.2, 0) is 23.1 Å². The molecule has 0 atom stereocenters. The highest BCUT2D eigenvalue weighted by atomic mass is 32.2. The van der Waals surface area contributed by atoms with E-state index >= 15 is 0 Å². The Labute approximate surface area is 166 Å². The molecule has 0 aliphatic carbocycles. The maximum absolute atomic E-state index is 12.1. The van der Waals surface area contributed by atoms with Gasteiger partial charge in [-0.3, -0.25) is 0 Å². The number of nitrogens with one attached hydrogen (secondary N) is 2. The molecule has 0 unspecified atom stereocenters. The Hall–Kier alpha value is -2.79. The van der Waals surface area contributed by atoms with E-state index in [1.54, 1.807) is 0 Å². The summed E-state index contributed by atoms with van der Waals surface area (Å²) in [5, 5.41) is 2.68. The molecule has 0 aliphatic heterocycles. The topological polar surface area (TPSA) is 106 Å².